The third kappa shape index (κ3) is 1.02. The molecule has 1 heteroatoms. The van der Waals surface area contributed by atoms with Crippen LogP contribution in [-0.4, -0.2) is 5.54 Å². The molecule has 1 aromatic rings. The zero-order valence-corrected chi connectivity index (χ0v) is 11.9. The molecule has 4 unspecified atom stereocenters. The molecular weight excluding hydrogens is 254 g/mol. The molecule has 21 heavy (non-hydrogen) atoms. The third-order valence-electron chi connectivity index (χ3n) is 6.19. The molecule has 1 heterocycles. The van der Waals surface area contributed by atoms with Gasteiger partial charge in [-0.15, -0.1) is 0 Å². The van der Waals surface area contributed by atoms with Crippen molar-refractivity contribution in [3.8, 4) is 0 Å². The van der Waals surface area contributed by atoms with Gasteiger partial charge in [0.25, 0.3) is 0 Å². The number of hydrogen-bond donors (Lipinski definition) is 0. The van der Waals surface area contributed by atoms with Gasteiger partial charge >= 0.3 is 0 Å². The summed E-state index contributed by atoms with van der Waals surface area (Å²) in [5, 5.41) is 0. The maximum absolute atomic E-state index is 2.68. The molecular formula is C20H17N. The van der Waals surface area contributed by atoms with Crippen LogP contribution in [0.1, 0.15) is 18.4 Å². The Labute approximate surface area is 125 Å². The highest BCUT2D eigenvalue weighted by Gasteiger charge is 2.75. The number of anilines is 1. The summed E-state index contributed by atoms with van der Waals surface area (Å²) in [7, 11) is 0. The molecule has 1 aliphatic heterocycles. The van der Waals surface area contributed by atoms with Crippen molar-refractivity contribution in [3.05, 3.63) is 78.1 Å². The van der Waals surface area contributed by atoms with Gasteiger partial charge in [0.05, 0.1) is 5.54 Å². The summed E-state index contributed by atoms with van der Waals surface area (Å²) >= 11 is 0. The van der Waals surface area contributed by atoms with E-state index in [4.69, 9.17) is 0 Å². The second-order valence-corrected chi connectivity index (χ2v) is 7.13. The zero-order chi connectivity index (χ0) is 13.7. The average Bonchev–Trinajstić information content (AvgIpc) is 3.40. The third-order valence-corrected chi connectivity index (χ3v) is 6.19. The molecule has 0 N–H and O–H groups in total. The van der Waals surface area contributed by atoms with Gasteiger partial charge in [-0.2, -0.15) is 0 Å². The highest BCUT2D eigenvalue weighted by atomic mass is 15.3. The normalized spacial score (nSPS) is 42.9. The number of allylic oxidation sites excluding steroid dienone is 6. The summed E-state index contributed by atoms with van der Waals surface area (Å²) in [5.74, 6) is 1.55. The van der Waals surface area contributed by atoms with Gasteiger partial charge in [-0.05, 0) is 36.5 Å². The van der Waals surface area contributed by atoms with Gasteiger partial charge < -0.3 is 4.90 Å². The van der Waals surface area contributed by atoms with Crippen molar-refractivity contribution in [1.82, 2.24) is 0 Å². The molecule has 1 nitrogen and oxygen atoms in total. The fraction of sp³-hybridized carbons (Fsp3) is 0.300. The zero-order valence-electron chi connectivity index (χ0n) is 11.9. The fourth-order valence-electron chi connectivity index (χ4n) is 5.06. The molecule has 0 radical (unpaired) electrons. The molecule has 1 aromatic carbocycles. The van der Waals surface area contributed by atoms with E-state index >= 15 is 0 Å². The summed E-state index contributed by atoms with van der Waals surface area (Å²) in [6.07, 6.45) is 19.0. The smallest absolute Gasteiger partial charge is 0.0779 e. The Hall–Kier alpha value is -2.02. The standard InChI is InChI=1S/C20H17N/c1-2-8-18-16(7-1)19-10-3-4-11-20(19,13-19)21(18)17-9-5-6-14-12-15(14)17/h1-11,14-15H,12-13H2. The molecule has 5 aliphatic rings. The molecule has 4 aliphatic carbocycles. The topological polar surface area (TPSA) is 3.24 Å². The summed E-state index contributed by atoms with van der Waals surface area (Å²) in [6, 6.07) is 9.03. The van der Waals surface area contributed by atoms with Crippen LogP contribution in [0.5, 0.6) is 0 Å². The van der Waals surface area contributed by atoms with Crippen molar-refractivity contribution in [2.75, 3.05) is 4.90 Å². The predicted molar refractivity (Wildman–Crippen MR) is 85.0 cm³/mol. The van der Waals surface area contributed by atoms with E-state index in [0.717, 1.165) is 11.8 Å². The lowest BCUT2D eigenvalue weighted by Gasteiger charge is -2.33. The van der Waals surface area contributed by atoms with Crippen LogP contribution in [0.4, 0.5) is 5.69 Å². The van der Waals surface area contributed by atoms with Crippen LogP contribution in [0.25, 0.3) is 0 Å². The first-order valence-electron chi connectivity index (χ1n) is 8.01. The van der Waals surface area contributed by atoms with Crippen LogP contribution < -0.4 is 4.90 Å². The second-order valence-electron chi connectivity index (χ2n) is 7.13. The van der Waals surface area contributed by atoms with Gasteiger partial charge in [0, 0.05) is 22.7 Å². The lowest BCUT2D eigenvalue weighted by atomic mass is 9.90. The molecule has 2 saturated carbocycles. The first kappa shape index (κ1) is 10.7. The van der Waals surface area contributed by atoms with E-state index < -0.39 is 0 Å². The highest BCUT2D eigenvalue weighted by molar-refractivity contribution is 5.81. The van der Waals surface area contributed by atoms with Crippen molar-refractivity contribution in [2.45, 2.75) is 23.8 Å². The monoisotopic (exact) mass is 271 g/mol. The molecule has 2 fully saturated rings. The maximum Gasteiger partial charge on any atom is 0.0779 e. The van der Waals surface area contributed by atoms with E-state index in [1.807, 2.05) is 0 Å². The van der Waals surface area contributed by atoms with Crippen LogP contribution in [0.15, 0.2) is 72.5 Å². The average molecular weight is 271 g/mol. The SMILES string of the molecule is C1=CC2CC2C(N2c3ccccc3C34C=CC=CC23C4)=C1. The molecule has 4 atom stereocenters. The minimum absolute atomic E-state index is 0.190. The van der Waals surface area contributed by atoms with E-state index in [-0.39, 0.29) is 11.0 Å². The Balaban J connectivity index is 1.62. The highest BCUT2D eigenvalue weighted by Crippen LogP contribution is 2.73. The van der Waals surface area contributed by atoms with Gasteiger partial charge in [-0.1, -0.05) is 54.7 Å². The van der Waals surface area contributed by atoms with Crippen molar-refractivity contribution in [2.24, 2.45) is 11.8 Å². The minimum atomic E-state index is 0.190. The van der Waals surface area contributed by atoms with Crippen molar-refractivity contribution < 1.29 is 0 Å². The van der Waals surface area contributed by atoms with Crippen LogP contribution in [-0.2, 0) is 5.41 Å². The summed E-state index contributed by atoms with van der Waals surface area (Å²) in [6.45, 7) is 0. The number of para-hydroxylation sites is 1. The van der Waals surface area contributed by atoms with Crippen LogP contribution in [0.3, 0.4) is 0 Å². The van der Waals surface area contributed by atoms with E-state index in [0.29, 0.717) is 0 Å². The Kier molecular flexibility index (Phi) is 1.57. The summed E-state index contributed by atoms with van der Waals surface area (Å²) < 4.78 is 0. The van der Waals surface area contributed by atoms with Gasteiger partial charge in [0.15, 0.2) is 0 Å². The lowest BCUT2D eigenvalue weighted by molar-refractivity contribution is 0.681. The Bertz CT molecular complexity index is 796. The van der Waals surface area contributed by atoms with Crippen molar-refractivity contribution in [3.63, 3.8) is 0 Å². The molecule has 0 aromatic heterocycles. The molecule has 102 valence electrons. The molecule has 0 saturated heterocycles. The molecule has 0 spiro atoms. The number of rotatable bonds is 1. The number of hydrogen-bond acceptors (Lipinski definition) is 1. The van der Waals surface area contributed by atoms with E-state index in [2.05, 4.69) is 71.7 Å². The van der Waals surface area contributed by atoms with Gasteiger partial charge in [-0.3, -0.25) is 0 Å². The van der Waals surface area contributed by atoms with E-state index in [9.17, 15) is 0 Å². The minimum Gasteiger partial charge on any atom is -0.334 e. The van der Waals surface area contributed by atoms with Crippen LogP contribution >= 0.6 is 0 Å². The molecule has 6 rings (SSSR count). The Morgan fingerprint density at radius 1 is 1.05 bits per heavy atom. The van der Waals surface area contributed by atoms with Crippen molar-refractivity contribution in [1.29, 1.82) is 0 Å². The molecule has 0 bridgehead atoms. The first-order valence-corrected chi connectivity index (χ1v) is 8.01. The predicted octanol–water partition coefficient (Wildman–Crippen LogP) is 4.10. The number of fused-ring (bicyclic) bond motifs is 2. The fourth-order valence-corrected chi connectivity index (χ4v) is 5.06. The molecule has 0 amide bonds. The van der Waals surface area contributed by atoms with Gasteiger partial charge in [0.2, 0.25) is 0 Å². The summed E-state index contributed by atoms with van der Waals surface area (Å²) in [5.41, 5.74) is 4.94. The maximum atomic E-state index is 2.68. The van der Waals surface area contributed by atoms with Crippen molar-refractivity contribution >= 4 is 5.69 Å². The first-order chi connectivity index (χ1) is 10.4. The Morgan fingerprint density at radius 2 is 1.95 bits per heavy atom. The lowest BCUT2D eigenvalue weighted by Crippen LogP contribution is -2.37. The Morgan fingerprint density at radius 3 is 2.95 bits per heavy atom. The number of nitrogens with zero attached hydrogens (tertiary/aromatic N) is 1. The number of benzene rings is 1. The van der Waals surface area contributed by atoms with Gasteiger partial charge in [-0.25, -0.2) is 0 Å². The largest absolute Gasteiger partial charge is 0.334 e. The van der Waals surface area contributed by atoms with Crippen LogP contribution in [0, 0.1) is 11.8 Å². The van der Waals surface area contributed by atoms with E-state index in [1.54, 1.807) is 5.70 Å². The quantitative estimate of drug-likeness (QED) is 0.743. The second kappa shape index (κ2) is 3.09. The van der Waals surface area contributed by atoms with Crippen LogP contribution in [0.2, 0.25) is 0 Å². The summed E-state index contributed by atoms with van der Waals surface area (Å²) in [4.78, 5) is 2.68. The van der Waals surface area contributed by atoms with E-state index in [1.165, 1.54) is 24.1 Å². The van der Waals surface area contributed by atoms with Gasteiger partial charge in [0.1, 0.15) is 0 Å².